The molecule has 0 spiro atoms. The third-order valence-electron chi connectivity index (χ3n) is 2.77. The van der Waals surface area contributed by atoms with Crippen LogP contribution in [0.2, 0.25) is 0 Å². The minimum atomic E-state index is -0.381. The molecule has 0 aliphatic carbocycles. The molecule has 1 unspecified atom stereocenters. The lowest BCUT2D eigenvalue weighted by Crippen LogP contribution is -2.37. The van der Waals surface area contributed by atoms with Crippen molar-refractivity contribution in [3.8, 4) is 0 Å². The van der Waals surface area contributed by atoms with E-state index in [2.05, 4.69) is 0 Å². The molecule has 2 heteroatoms. The summed E-state index contributed by atoms with van der Waals surface area (Å²) in [5.41, 5.74) is 1.59. The van der Waals surface area contributed by atoms with E-state index in [1.54, 1.807) is 0 Å². The molecule has 0 aromatic heterocycles. The number of ether oxygens (including phenoxy) is 1. The Kier molecular flexibility index (Phi) is 4.47. The SMILES string of the molecule is CCOC(C(=O)c1ccccc1C)C(C)(C)C. The first kappa shape index (κ1) is 13.9. The lowest BCUT2D eigenvalue weighted by atomic mass is 9.83. The molecule has 0 fully saturated rings. The van der Waals surface area contributed by atoms with Gasteiger partial charge in [-0.15, -0.1) is 0 Å². The molecular formula is C15H22O2. The van der Waals surface area contributed by atoms with Gasteiger partial charge in [0.05, 0.1) is 0 Å². The second-order valence-electron chi connectivity index (χ2n) is 5.38. The molecular weight excluding hydrogens is 212 g/mol. The molecule has 0 saturated carbocycles. The Morgan fingerprint density at radius 2 is 1.88 bits per heavy atom. The molecule has 2 nitrogen and oxygen atoms in total. The van der Waals surface area contributed by atoms with Crippen molar-refractivity contribution in [3.63, 3.8) is 0 Å². The van der Waals surface area contributed by atoms with Gasteiger partial charge in [-0.25, -0.2) is 0 Å². The van der Waals surface area contributed by atoms with E-state index in [0.717, 1.165) is 11.1 Å². The highest BCUT2D eigenvalue weighted by atomic mass is 16.5. The standard InChI is InChI=1S/C15H22O2/c1-6-17-14(15(3,4)5)13(16)12-10-8-7-9-11(12)2/h7-10,14H,6H2,1-5H3. The number of benzene rings is 1. The van der Waals surface area contributed by atoms with E-state index in [4.69, 9.17) is 4.74 Å². The maximum Gasteiger partial charge on any atom is 0.192 e. The van der Waals surface area contributed by atoms with Gasteiger partial charge in [-0.2, -0.15) is 0 Å². The van der Waals surface area contributed by atoms with Gasteiger partial charge in [0, 0.05) is 12.2 Å². The number of ketones is 1. The fourth-order valence-corrected chi connectivity index (χ4v) is 1.88. The van der Waals surface area contributed by atoms with Gasteiger partial charge in [0.15, 0.2) is 5.78 Å². The second-order valence-corrected chi connectivity index (χ2v) is 5.38. The number of hydrogen-bond acceptors (Lipinski definition) is 2. The molecule has 0 bridgehead atoms. The van der Waals surface area contributed by atoms with E-state index in [0.29, 0.717) is 6.61 Å². The van der Waals surface area contributed by atoms with Gasteiger partial charge in [0.25, 0.3) is 0 Å². The summed E-state index contributed by atoms with van der Waals surface area (Å²) in [6, 6.07) is 7.67. The predicted octanol–water partition coefficient (Wildman–Crippen LogP) is 3.63. The summed E-state index contributed by atoms with van der Waals surface area (Å²) in [7, 11) is 0. The van der Waals surface area contributed by atoms with Crippen molar-refractivity contribution < 1.29 is 9.53 Å². The van der Waals surface area contributed by atoms with Gasteiger partial charge >= 0.3 is 0 Å². The Bertz CT molecular complexity index is 388. The summed E-state index contributed by atoms with van der Waals surface area (Å²) < 4.78 is 5.63. The average Bonchev–Trinajstić information content (AvgIpc) is 2.24. The fourth-order valence-electron chi connectivity index (χ4n) is 1.88. The smallest absolute Gasteiger partial charge is 0.192 e. The van der Waals surface area contributed by atoms with E-state index in [-0.39, 0.29) is 17.3 Å². The summed E-state index contributed by atoms with van der Waals surface area (Å²) in [6.45, 7) is 10.5. The van der Waals surface area contributed by atoms with E-state index >= 15 is 0 Å². The maximum absolute atomic E-state index is 12.5. The van der Waals surface area contributed by atoms with Crippen molar-refractivity contribution in [2.45, 2.75) is 40.7 Å². The van der Waals surface area contributed by atoms with Crippen molar-refractivity contribution in [1.29, 1.82) is 0 Å². The summed E-state index contributed by atoms with van der Waals surface area (Å²) >= 11 is 0. The Morgan fingerprint density at radius 3 is 2.35 bits per heavy atom. The summed E-state index contributed by atoms with van der Waals surface area (Å²) in [5.74, 6) is 0.0810. The Balaban J connectivity index is 3.05. The van der Waals surface area contributed by atoms with Crippen LogP contribution in [0.5, 0.6) is 0 Å². The summed E-state index contributed by atoms with van der Waals surface area (Å²) in [5, 5.41) is 0. The Morgan fingerprint density at radius 1 is 1.29 bits per heavy atom. The monoisotopic (exact) mass is 234 g/mol. The first-order chi connectivity index (χ1) is 7.88. The van der Waals surface area contributed by atoms with E-state index < -0.39 is 0 Å². The average molecular weight is 234 g/mol. The zero-order chi connectivity index (χ0) is 13.1. The number of carbonyl (C=O) groups is 1. The van der Waals surface area contributed by atoms with Crippen LogP contribution in [0.3, 0.4) is 0 Å². The maximum atomic E-state index is 12.5. The normalized spacial score (nSPS) is 13.5. The highest BCUT2D eigenvalue weighted by molar-refractivity contribution is 6.01. The molecule has 0 aliphatic rings. The van der Waals surface area contributed by atoms with Gasteiger partial charge < -0.3 is 4.74 Å². The molecule has 1 atom stereocenters. The molecule has 0 saturated heterocycles. The van der Waals surface area contributed by atoms with Gasteiger partial charge in [-0.1, -0.05) is 45.0 Å². The van der Waals surface area contributed by atoms with Crippen LogP contribution in [0, 0.1) is 12.3 Å². The van der Waals surface area contributed by atoms with Crippen LogP contribution in [0.1, 0.15) is 43.6 Å². The summed E-state index contributed by atoms with van der Waals surface area (Å²) in [6.07, 6.45) is -0.381. The quantitative estimate of drug-likeness (QED) is 0.744. The Labute approximate surface area is 104 Å². The van der Waals surface area contributed by atoms with Crippen LogP contribution in [-0.2, 0) is 4.74 Å². The molecule has 1 aromatic rings. The Hall–Kier alpha value is -1.15. The minimum absolute atomic E-state index is 0.0810. The van der Waals surface area contributed by atoms with Crippen molar-refractivity contribution in [1.82, 2.24) is 0 Å². The number of Topliss-reactive ketones (excluding diaryl/α,β-unsaturated/α-hetero) is 1. The molecule has 1 rings (SSSR count). The lowest BCUT2D eigenvalue weighted by molar-refractivity contribution is -0.000263. The van der Waals surface area contributed by atoms with Crippen LogP contribution >= 0.6 is 0 Å². The first-order valence-corrected chi connectivity index (χ1v) is 6.09. The zero-order valence-electron chi connectivity index (χ0n) is 11.4. The topological polar surface area (TPSA) is 26.3 Å². The number of rotatable bonds is 4. The van der Waals surface area contributed by atoms with Crippen molar-refractivity contribution in [3.05, 3.63) is 35.4 Å². The lowest BCUT2D eigenvalue weighted by Gasteiger charge is -2.29. The van der Waals surface area contributed by atoms with Crippen LogP contribution in [0.25, 0.3) is 0 Å². The molecule has 0 radical (unpaired) electrons. The van der Waals surface area contributed by atoms with E-state index in [1.165, 1.54) is 0 Å². The minimum Gasteiger partial charge on any atom is -0.370 e. The van der Waals surface area contributed by atoms with Gasteiger partial charge in [0.1, 0.15) is 6.10 Å². The molecule has 0 N–H and O–H groups in total. The van der Waals surface area contributed by atoms with Crippen LogP contribution in [0.15, 0.2) is 24.3 Å². The molecule has 1 aromatic carbocycles. The predicted molar refractivity (Wildman–Crippen MR) is 70.4 cm³/mol. The molecule has 17 heavy (non-hydrogen) atoms. The highest BCUT2D eigenvalue weighted by Crippen LogP contribution is 2.26. The second kappa shape index (κ2) is 5.46. The van der Waals surface area contributed by atoms with E-state index in [1.807, 2.05) is 58.9 Å². The fraction of sp³-hybridized carbons (Fsp3) is 0.533. The van der Waals surface area contributed by atoms with Gasteiger partial charge in [0.2, 0.25) is 0 Å². The van der Waals surface area contributed by atoms with Crippen molar-refractivity contribution >= 4 is 5.78 Å². The first-order valence-electron chi connectivity index (χ1n) is 6.09. The molecule has 0 amide bonds. The third-order valence-corrected chi connectivity index (χ3v) is 2.77. The number of carbonyl (C=O) groups excluding carboxylic acids is 1. The third kappa shape index (κ3) is 3.40. The largest absolute Gasteiger partial charge is 0.370 e. The molecule has 94 valence electrons. The van der Waals surface area contributed by atoms with Crippen molar-refractivity contribution in [2.24, 2.45) is 5.41 Å². The highest BCUT2D eigenvalue weighted by Gasteiger charge is 2.32. The van der Waals surface area contributed by atoms with Gasteiger partial charge in [-0.05, 0) is 24.8 Å². The van der Waals surface area contributed by atoms with Gasteiger partial charge in [-0.3, -0.25) is 4.79 Å². The van der Waals surface area contributed by atoms with Crippen molar-refractivity contribution in [2.75, 3.05) is 6.61 Å². The van der Waals surface area contributed by atoms with Crippen LogP contribution < -0.4 is 0 Å². The number of hydrogen-bond donors (Lipinski definition) is 0. The molecule has 0 heterocycles. The molecule has 0 aliphatic heterocycles. The van der Waals surface area contributed by atoms with E-state index in [9.17, 15) is 4.79 Å². The van der Waals surface area contributed by atoms with Crippen LogP contribution in [-0.4, -0.2) is 18.5 Å². The zero-order valence-corrected chi connectivity index (χ0v) is 11.4. The number of aryl methyl sites for hydroxylation is 1. The summed E-state index contributed by atoms with van der Waals surface area (Å²) in [4.78, 5) is 12.5. The van der Waals surface area contributed by atoms with Crippen LogP contribution in [0.4, 0.5) is 0 Å².